The van der Waals surface area contributed by atoms with E-state index in [1.54, 1.807) is 6.33 Å². The second kappa shape index (κ2) is 4.33. The van der Waals surface area contributed by atoms with Crippen molar-refractivity contribution in [3.05, 3.63) is 36.2 Å². The SMILES string of the molecule is Nc1ccc(CN(c2ncns2)C2CC2)cc1. The lowest BCUT2D eigenvalue weighted by Crippen LogP contribution is -2.24. The van der Waals surface area contributed by atoms with Crippen molar-refractivity contribution < 1.29 is 0 Å². The first-order valence-corrected chi connectivity index (χ1v) is 6.48. The quantitative estimate of drug-likeness (QED) is 0.841. The largest absolute Gasteiger partial charge is 0.399 e. The van der Waals surface area contributed by atoms with Gasteiger partial charge in [-0.1, -0.05) is 12.1 Å². The molecule has 1 fully saturated rings. The van der Waals surface area contributed by atoms with Gasteiger partial charge in [-0.15, -0.1) is 0 Å². The molecule has 0 unspecified atom stereocenters. The molecular weight excluding hydrogens is 232 g/mol. The Hall–Kier alpha value is -1.62. The van der Waals surface area contributed by atoms with Crippen LogP contribution in [-0.4, -0.2) is 15.4 Å². The van der Waals surface area contributed by atoms with Crippen LogP contribution in [0.15, 0.2) is 30.6 Å². The van der Waals surface area contributed by atoms with Gasteiger partial charge in [0.25, 0.3) is 0 Å². The van der Waals surface area contributed by atoms with E-state index in [1.165, 1.54) is 29.9 Å². The number of aromatic nitrogens is 2. The van der Waals surface area contributed by atoms with Gasteiger partial charge >= 0.3 is 0 Å². The molecule has 1 aliphatic carbocycles. The Kier molecular flexibility index (Phi) is 2.68. The molecule has 0 saturated heterocycles. The summed E-state index contributed by atoms with van der Waals surface area (Å²) in [6, 6.07) is 8.68. The number of benzene rings is 1. The maximum atomic E-state index is 5.69. The first kappa shape index (κ1) is 10.5. The lowest BCUT2D eigenvalue weighted by atomic mass is 10.2. The first-order chi connectivity index (χ1) is 8.33. The van der Waals surface area contributed by atoms with Crippen LogP contribution >= 0.6 is 11.5 Å². The van der Waals surface area contributed by atoms with Gasteiger partial charge in [0.2, 0.25) is 5.13 Å². The molecule has 1 aromatic carbocycles. The zero-order valence-corrected chi connectivity index (χ0v) is 10.2. The van der Waals surface area contributed by atoms with Crippen molar-refractivity contribution in [2.45, 2.75) is 25.4 Å². The lowest BCUT2D eigenvalue weighted by molar-refractivity contribution is 0.790. The van der Waals surface area contributed by atoms with Gasteiger partial charge in [0.15, 0.2) is 0 Å². The summed E-state index contributed by atoms with van der Waals surface area (Å²) in [5.41, 5.74) is 7.76. The molecule has 4 nitrogen and oxygen atoms in total. The number of nitrogens with zero attached hydrogens (tertiary/aromatic N) is 3. The number of rotatable bonds is 4. The Morgan fingerprint density at radius 1 is 1.29 bits per heavy atom. The highest BCUT2D eigenvalue weighted by atomic mass is 32.1. The maximum absolute atomic E-state index is 5.69. The van der Waals surface area contributed by atoms with Crippen LogP contribution in [0.3, 0.4) is 0 Å². The maximum Gasteiger partial charge on any atom is 0.205 e. The van der Waals surface area contributed by atoms with Gasteiger partial charge in [0, 0.05) is 29.8 Å². The molecule has 5 heteroatoms. The molecule has 0 atom stereocenters. The molecule has 2 N–H and O–H groups in total. The van der Waals surface area contributed by atoms with E-state index in [4.69, 9.17) is 5.73 Å². The third-order valence-electron chi connectivity index (χ3n) is 2.92. The number of anilines is 2. The minimum Gasteiger partial charge on any atom is -0.399 e. The van der Waals surface area contributed by atoms with E-state index < -0.39 is 0 Å². The summed E-state index contributed by atoms with van der Waals surface area (Å²) in [6.45, 7) is 0.889. The smallest absolute Gasteiger partial charge is 0.205 e. The van der Waals surface area contributed by atoms with Crippen LogP contribution in [0.5, 0.6) is 0 Å². The number of nitrogens with two attached hydrogens (primary N) is 1. The van der Waals surface area contributed by atoms with Gasteiger partial charge in [0.05, 0.1) is 0 Å². The average Bonchev–Trinajstić information content (AvgIpc) is 3.03. The molecule has 1 aromatic heterocycles. The van der Waals surface area contributed by atoms with Crippen molar-refractivity contribution in [2.75, 3.05) is 10.6 Å². The number of hydrogen-bond donors (Lipinski definition) is 1. The normalized spacial score (nSPS) is 14.8. The third kappa shape index (κ3) is 2.39. The topological polar surface area (TPSA) is 55.0 Å². The molecule has 1 aliphatic rings. The summed E-state index contributed by atoms with van der Waals surface area (Å²) in [5, 5.41) is 1.02. The molecule has 2 aromatic rings. The van der Waals surface area contributed by atoms with E-state index in [0.29, 0.717) is 6.04 Å². The Balaban J connectivity index is 1.79. The predicted molar refractivity (Wildman–Crippen MR) is 70.0 cm³/mol. The van der Waals surface area contributed by atoms with Crippen LogP contribution in [-0.2, 0) is 6.54 Å². The molecule has 1 saturated carbocycles. The molecule has 88 valence electrons. The Morgan fingerprint density at radius 3 is 2.65 bits per heavy atom. The summed E-state index contributed by atoms with van der Waals surface area (Å²) < 4.78 is 4.08. The number of nitrogen functional groups attached to an aromatic ring is 1. The van der Waals surface area contributed by atoms with Crippen molar-refractivity contribution in [1.29, 1.82) is 0 Å². The second-order valence-corrected chi connectivity index (χ2v) is 5.08. The fraction of sp³-hybridized carbons (Fsp3) is 0.333. The van der Waals surface area contributed by atoms with Crippen molar-refractivity contribution in [3.8, 4) is 0 Å². The fourth-order valence-corrected chi connectivity index (χ4v) is 2.45. The molecule has 1 heterocycles. The van der Waals surface area contributed by atoms with Gasteiger partial charge in [-0.3, -0.25) is 0 Å². The minimum absolute atomic E-state index is 0.639. The first-order valence-electron chi connectivity index (χ1n) is 5.70. The molecule has 17 heavy (non-hydrogen) atoms. The Bertz CT molecular complexity index is 476. The Labute approximate surface area is 104 Å². The van der Waals surface area contributed by atoms with Crippen molar-refractivity contribution >= 4 is 22.4 Å². The summed E-state index contributed by atoms with van der Waals surface area (Å²) in [4.78, 5) is 6.64. The highest BCUT2D eigenvalue weighted by molar-refractivity contribution is 7.09. The van der Waals surface area contributed by atoms with Crippen LogP contribution in [0.25, 0.3) is 0 Å². The van der Waals surface area contributed by atoms with Crippen LogP contribution in [0, 0.1) is 0 Å². The van der Waals surface area contributed by atoms with Crippen LogP contribution in [0.2, 0.25) is 0 Å². The highest BCUT2D eigenvalue weighted by Gasteiger charge is 2.30. The van der Waals surface area contributed by atoms with Gasteiger partial charge in [0.1, 0.15) is 6.33 Å². The molecule has 0 spiro atoms. The summed E-state index contributed by atoms with van der Waals surface area (Å²) in [6.07, 6.45) is 4.14. The Morgan fingerprint density at radius 2 is 2.06 bits per heavy atom. The zero-order chi connectivity index (χ0) is 11.7. The highest BCUT2D eigenvalue weighted by Crippen LogP contribution is 2.33. The molecule has 3 rings (SSSR count). The molecule has 0 aliphatic heterocycles. The van der Waals surface area contributed by atoms with E-state index in [2.05, 4.69) is 26.4 Å². The van der Waals surface area contributed by atoms with Crippen LogP contribution in [0.1, 0.15) is 18.4 Å². The summed E-state index contributed by atoms with van der Waals surface area (Å²) in [7, 11) is 0. The van der Waals surface area contributed by atoms with E-state index in [9.17, 15) is 0 Å². The molecule has 0 amide bonds. The van der Waals surface area contributed by atoms with Gasteiger partial charge in [-0.25, -0.2) is 4.98 Å². The summed E-state index contributed by atoms with van der Waals surface area (Å²) >= 11 is 1.46. The number of hydrogen-bond acceptors (Lipinski definition) is 5. The predicted octanol–water partition coefficient (Wildman–Crippen LogP) is 2.29. The third-order valence-corrected chi connectivity index (χ3v) is 3.62. The van der Waals surface area contributed by atoms with Gasteiger partial charge < -0.3 is 10.6 Å². The zero-order valence-electron chi connectivity index (χ0n) is 9.41. The van der Waals surface area contributed by atoms with Crippen LogP contribution < -0.4 is 10.6 Å². The standard InChI is InChI=1S/C12H14N4S/c13-10-3-1-9(2-4-10)7-16(11-5-6-11)12-14-8-15-17-12/h1-4,8,11H,5-7,13H2. The van der Waals surface area contributed by atoms with Gasteiger partial charge in [-0.2, -0.15) is 4.37 Å². The molecular formula is C12H14N4S. The van der Waals surface area contributed by atoms with Crippen molar-refractivity contribution in [2.24, 2.45) is 0 Å². The summed E-state index contributed by atoms with van der Waals surface area (Å²) in [5.74, 6) is 0. The monoisotopic (exact) mass is 246 g/mol. The van der Waals surface area contributed by atoms with E-state index in [1.807, 2.05) is 12.1 Å². The molecule has 0 bridgehead atoms. The molecule has 0 radical (unpaired) electrons. The van der Waals surface area contributed by atoms with E-state index >= 15 is 0 Å². The lowest BCUT2D eigenvalue weighted by Gasteiger charge is -2.20. The average molecular weight is 246 g/mol. The van der Waals surface area contributed by atoms with Crippen molar-refractivity contribution in [3.63, 3.8) is 0 Å². The van der Waals surface area contributed by atoms with E-state index in [0.717, 1.165) is 17.4 Å². The fourth-order valence-electron chi connectivity index (χ4n) is 1.85. The van der Waals surface area contributed by atoms with Gasteiger partial charge in [-0.05, 0) is 30.5 Å². The van der Waals surface area contributed by atoms with E-state index in [-0.39, 0.29) is 0 Å². The van der Waals surface area contributed by atoms with Crippen LogP contribution in [0.4, 0.5) is 10.8 Å². The minimum atomic E-state index is 0.639. The second-order valence-electron chi connectivity index (χ2n) is 4.32. The van der Waals surface area contributed by atoms with Crippen molar-refractivity contribution in [1.82, 2.24) is 9.36 Å².